The van der Waals surface area contributed by atoms with Crippen LogP contribution in [0.3, 0.4) is 0 Å². The highest BCUT2D eigenvalue weighted by atomic mass is 16.6. The first-order valence-electron chi connectivity index (χ1n) is 6.66. The molecule has 2 aromatic rings. The second kappa shape index (κ2) is 7.71. The van der Waals surface area contributed by atoms with Gasteiger partial charge in [-0.05, 0) is 11.1 Å². The zero-order valence-corrected chi connectivity index (χ0v) is 11.6. The molecule has 1 amide bonds. The number of nitrogens with zero attached hydrogens (tertiary/aromatic N) is 2. The van der Waals surface area contributed by atoms with Gasteiger partial charge in [-0.1, -0.05) is 60.7 Å². The van der Waals surface area contributed by atoms with E-state index in [1.165, 1.54) is 4.90 Å². The topological polar surface area (TPSA) is 53.3 Å². The summed E-state index contributed by atoms with van der Waals surface area (Å²) in [6, 6.07) is 21.0. The summed E-state index contributed by atoms with van der Waals surface area (Å²) in [5, 5.41) is 8.85. The lowest BCUT2D eigenvalue weighted by molar-refractivity contribution is 0.0983. The zero-order chi connectivity index (χ0) is 14.9. The first kappa shape index (κ1) is 14.6. The number of carbonyl (C=O) groups is 1. The minimum absolute atomic E-state index is 0.00250. The maximum absolute atomic E-state index is 12.1. The van der Waals surface area contributed by atoms with Gasteiger partial charge in [-0.15, -0.1) is 0 Å². The zero-order valence-electron chi connectivity index (χ0n) is 11.6. The van der Waals surface area contributed by atoms with Crippen molar-refractivity contribution in [3.63, 3.8) is 0 Å². The molecule has 0 aliphatic carbocycles. The van der Waals surface area contributed by atoms with Gasteiger partial charge >= 0.3 is 6.09 Å². The molecule has 0 N–H and O–H groups in total. The molecular weight excluding hydrogens is 264 g/mol. The molecule has 2 aromatic carbocycles. The molecule has 21 heavy (non-hydrogen) atoms. The number of rotatable bonds is 5. The SMILES string of the molecule is N#CCN(Cc1ccccc1)C(=O)OCc1ccccc1. The van der Waals surface area contributed by atoms with Crippen molar-refractivity contribution in [3.8, 4) is 6.07 Å². The van der Waals surface area contributed by atoms with E-state index in [2.05, 4.69) is 0 Å². The fourth-order valence-corrected chi connectivity index (χ4v) is 1.88. The van der Waals surface area contributed by atoms with Crippen molar-refractivity contribution in [2.75, 3.05) is 6.54 Å². The summed E-state index contributed by atoms with van der Waals surface area (Å²) in [5.74, 6) is 0. The lowest BCUT2D eigenvalue weighted by atomic mass is 10.2. The van der Waals surface area contributed by atoms with Gasteiger partial charge in [0, 0.05) is 0 Å². The molecule has 0 bridgehead atoms. The standard InChI is InChI=1S/C17H16N2O2/c18-11-12-19(13-15-7-3-1-4-8-15)17(20)21-14-16-9-5-2-6-10-16/h1-10H,12-14H2. The minimum Gasteiger partial charge on any atom is -0.445 e. The molecule has 0 heterocycles. The largest absolute Gasteiger partial charge is 0.445 e. The van der Waals surface area contributed by atoms with Crippen molar-refractivity contribution in [2.45, 2.75) is 13.2 Å². The fraction of sp³-hybridized carbons (Fsp3) is 0.176. The molecule has 4 heteroatoms. The van der Waals surface area contributed by atoms with Crippen LogP contribution in [-0.2, 0) is 17.9 Å². The van der Waals surface area contributed by atoms with Crippen molar-refractivity contribution >= 4 is 6.09 Å². The second-order valence-corrected chi connectivity index (χ2v) is 4.54. The van der Waals surface area contributed by atoms with Crippen LogP contribution in [0.25, 0.3) is 0 Å². The van der Waals surface area contributed by atoms with Gasteiger partial charge in [0.25, 0.3) is 0 Å². The number of hydrogen-bond acceptors (Lipinski definition) is 3. The Labute approximate surface area is 124 Å². The summed E-state index contributed by atoms with van der Waals surface area (Å²) < 4.78 is 5.25. The molecule has 0 atom stereocenters. The molecule has 0 aliphatic rings. The summed E-state index contributed by atoms with van der Waals surface area (Å²) in [5.41, 5.74) is 1.88. The molecule has 0 saturated heterocycles. The van der Waals surface area contributed by atoms with E-state index in [9.17, 15) is 4.79 Å². The van der Waals surface area contributed by atoms with Crippen molar-refractivity contribution in [3.05, 3.63) is 71.8 Å². The van der Waals surface area contributed by atoms with Crippen LogP contribution >= 0.6 is 0 Å². The van der Waals surface area contributed by atoms with Crippen LogP contribution < -0.4 is 0 Å². The number of nitriles is 1. The minimum atomic E-state index is -0.482. The van der Waals surface area contributed by atoms with E-state index in [-0.39, 0.29) is 13.2 Å². The van der Waals surface area contributed by atoms with Gasteiger partial charge in [0.2, 0.25) is 0 Å². The Hall–Kier alpha value is -2.80. The van der Waals surface area contributed by atoms with Crippen molar-refractivity contribution in [1.29, 1.82) is 5.26 Å². The molecule has 4 nitrogen and oxygen atoms in total. The Balaban J connectivity index is 1.94. The highest BCUT2D eigenvalue weighted by Gasteiger charge is 2.15. The predicted molar refractivity (Wildman–Crippen MR) is 79.1 cm³/mol. The van der Waals surface area contributed by atoms with Crippen LogP contribution in [0.4, 0.5) is 4.79 Å². The van der Waals surface area contributed by atoms with Gasteiger partial charge in [-0.3, -0.25) is 4.90 Å². The smallest absolute Gasteiger partial charge is 0.411 e. The number of benzene rings is 2. The monoisotopic (exact) mass is 280 g/mol. The summed E-state index contributed by atoms with van der Waals surface area (Å²) in [6.07, 6.45) is -0.482. The molecule has 106 valence electrons. The molecule has 0 radical (unpaired) electrons. The van der Waals surface area contributed by atoms with Crippen LogP contribution in [0.1, 0.15) is 11.1 Å². The van der Waals surface area contributed by atoms with E-state index >= 15 is 0 Å². The molecular formula is C17H16N2O2. The van der Waals surface area contributed by atoms with Gasteiger partial charge in [0.1, 0.15) is 13.2 Å². The van der Waals surface area contributed by atoms with E-state index in [0.717, 1.165) is 11.1 Å². The molecule has 0 spiro atoms. The first-order valence-corrected chi connectivity index (χ1v) is 6.66. The summed E-state index contributed by atoms with van der Waals surface area (Å²) in [6.45, 7) is 0.570. The molecule has 0 aromatic heterocycles. The van der Waals surface area contributed by atoms with E-state index in [1.807, 2.05) is 66.7 Å². The van der Waals surface area contributed by atoms with Crippen LogP contribution in [0.5, 0.6) is 0 Å². The molecule has 2 rings (SSSR count). The lowest BCUT2D eigenvalue weighted by Gasteiger charge is -2.19. The first-order chi connectivity index (χ1) is 10.3. The van der Waals surface area contributed by atoms with Crippen molar-refractivity contribution < 1.29 is 9.53 Å². The Bertz CT molecular complexity index is 606. The van der Waals surface area contributed by atoms with Crippen molar-refractivity contribution in [1.82, 2.24) is 4.90 Å². The predicted octanol–water partition coefficient (Wildman–Crippen LogP) is 3.35. The van der Waals surface area contributed by atoms with Crippen LogP contribution in [0, 0.1) is 11.3 Å². The van der Waals surface area contributed by atoms with E-state index in [0.29, 0.717) is 6.54 Å². The number of carbonyl (C=O) groups excluding carboxylic acids is 1. The van der Waals surface area contributed by atoms with Crippen LogP contribution in [-0.4, -0.2) is 17.5 Å². The van der Waals surface area contributed by atoms with Crippen molar-refractivity contribution in [2.24, 2.45) is 0 Å². The van der Waals surface area contributed by atoms with Gasteiger partial charge in [-0.25, -0.2) is 4.79 Å². The maximum Gasteiger partial charge on any atom is 0.411 e. The van der Waals surface area contributed by atoms with Gasteiger partial charge in [-0.2, -0.15) is 5.26 Å². The second-order valence-electron chi connectivity index (χ2n) is 4.54. The Morgan fingerprint density at radius 2 is 1.57 bits per heavy atom. The summed E-state index contributed by atoms with van der Waals surface area (Å²) in [7, 11) is 0. The molecule has 0 fully saturated rings. The Morgan fingerprint density at radius 3 is 2.14 bits per heavy atom. The summed E-state index contributed by atoms with van der Waals surface area (Å²) in [4.78, 5) is 13.5. The van der Waals surface area contributed by atoms with E-state index in [4.69, 9.17) is 10.00 Å². The third-order valence-corrected chi connectivity index (χ3v) is 2.94. The Morgan fingerprint density at radius 1 is 1.00 bits per heavy atom. The molecule has 0 unspecified atom stereocenters. The van der Waals surface area contributed by atoms with Gasteiger partial charge < -0.3 is 4.74 Å². The van der Waals surface area contributed by atoms with Crippen LogP contribution in [0.15, 0.2) is 60.7 Å². The fourth-order valence-electron chi connectivity index (χ4n) is 1.88. The average molecular weight is 280 g/mol. The number of hydrogen-bond donors (Lipinski definition) is 0. The molecule has 0 aliphatic heterocycles. The number of amides is 1. The third-order valence-electron chi connectivity index (χ3n) is 2.94. The maximum atomic E-state index is 12.1. The normalized spacial score (nSPS) is 9.67. The highest BCUT2D eigenvalue weighted by Crippen LogP contribution is 2.08. The number of ether oxygens (including phenoxy) is 1. The van der Waals surface area contributed by atoms with E-state index < -0.39 is 6.09 Å². The quantitative estimate of drug-likeness (QED) is 0.789. The Kier molecular flexibility index (Phi) is 5.36. The molecule has 0 saturated carbocycles. The van der Waals surface area contributed by atoms with Gasteiger partial charge in [0.15, 0.2) is 0 Å². The van der Waals surface area contributed by atoms with E-state index in [1.54, 1.807) is 0 Å². The van der Waals surface area contributed by atoms with Gasteiger partial charge in [0.05, 0.1) is 12.6 Å². The third kappa shape index (κ3) is 4.66. The van der Waals surface area contributed by atoms with Crippen LogP contribution in [0.2, 0.25) is 0 Å². The highest BCUT2D eigenvalue weighted by molar-refractivity contribution is 5.68. The lowest BCUT2D eigenvalue weighted by Crippen LogP contribution is -2.31. The average Bonchev–Trinajstić information content (AvgIpc) is 2.54. The summed E-state index contributed by atoms with van der Waals surface area (Å²) >= 11 is 0.